The summed E-state index contributed by atoms with van der Waals surface area (Å²) >= 11 is 17.2. The summed E-state index contributed by atoms with van der Waals surface area (Å²) in [6.07, 6.45) is 0. The van der Waals surface area contributed by atoms with Crippen molar-refractivity contribution >= 4 is 46.2 Å². The predicted octanol–water partition coefficient (Wildman–Crippen LogP) is 4.49. The van der Waals surface area contributed by atoms with Crippen molar-refractivity contribution < 1.29 is 4.74 Å². The van der Waals surface area contributed by atoms with E-state index in [0.29, 0.717) is 33.1 Å². The Morgan fingerprint density at radius 3 is 2.62 bits per heavy atom. The Bertz CT molecular complexity index is 649. The first kappa shape index (κ1) is 15.9. The first-order valence-corrected chi connectivity index (χ1v) is 7.38. The van der Waals surface area contributed by atoms with Gasteiger partial charge in [0.15, 0.2) is 5.11 Å². The number of methoxy groups -OCH3 is 1. The van der Waals surface area contributed by atoms with Gasteiger partial charge in [-0.3, -0.25) is 0 Å². The summed E-state index contributed by atoms with van der Waals surface area (Å²) in [6.45, 7) is 0.579. The van der Waals surface area contributed by atoms with E-state index in [4.69, 9.17) is 40.2 Å². The van der Waals surface area contributed by atoms with Gasteiger partial charge in [-0.2, -0.15) is 0 Å². The van der Waals surface area contributed by atoms with Crippen molar-refractivity contribution in [1.29, 1.82) is 0 Å². The maximum absolute atomic E-state index is 5.97. The number of ether oxygens (including phenoxy) is 1. The molecule has 0 radical (unpaired) electrons. The van der Waals surface area contributed by atoms with Crippen molar-refractivity contribution in [3.8, 4) is 5.75 Å². The van der Waals surface area contributed by atoms with Crippen LogP contribution >= 0.6 is 35.4 Å². The van der Waals surface area contributed by atoms with E-state index in [9.17, 15) is 0 Å². The molecule has 0 heterocycles. The van der Waals surface area contributed by atoms with Gasteiger partial charge in [-0.15, -0.1) is 0 Å². The molecule has 0 saturated heterocycles. The normalized spacial score (nSPS) is 10.0. The van der Waals surface area contributed by atoms with Crippen LogP contribution in [0, 0.1) is 0 Å². The fourth-order valence-electron chi connectivity index (χ4n) is 1.77. The Balaban J connectivity index is 1.97. The lowest BCUT2D eigenvalue weighted by Crippen LogP contribution is -2.28. The standard InChI is InChI=1S/C15H14Cl2N2OS/c1-20-14-6-5-12(17)8-13(14)19-15(21)18-9-10-3-2-4-11(16)7-10/h2-8H,9H2,1H3,(H2,18,19,21). The molecule has 0 aliphatic carbocycles. The average Bonchev–Trinajstić information content (AvgIpc) is 2.45. The second-order valence-electron chi connectivity index (χ2n) is 4.28. The molecule has 0 saturated carbocycles. The van der Waals surface area contributed by atoms with E-state index in [1.165, 1.54) is 0 Å². The first-order valence-electron chi connectivity index (χ1n) is 6.21. The molecule has 2 aromatic rings. The Morgan fingerprint density at radius 2 is 1.90 bits per heavy atom. The molecular formula is C15H14Cl2N2OS. The smallest absolute Gasteiger partial charge is 0.171 e. The van der Waals surface area contributed by atoms with Crippen LogP contribution in [0.15, 0.2) is 42.5 Å². The summed E-state index contributed by atoms with van der Waals surface area (Å²) in [4.78, 5) is 0. The fraction of sp³-hybridized carbons (Fsp3) is 0.133. The largest absolute Gasteiger partial charge is 0.495 e. The highest BCUT2D eigenvalue weighted by Gasteiger charge is 2.06. The van der Waals surface area contributed by atoms with Crippen LogP contribution < -0.4 is 15.4 Å². The minimum atomic E-state index is 0.482. The van der Waals surface area contributed by atoms with Gasteiger partial charge in [0, 0.05) is 16.6 Å². The van der Waals surface area contributed by atoms with Crippen molar-refractivity contribution in [2.75, 3.05) is 12.4 Å². The molecule has 6 heteroatoms. The Morgan fingerprint density at radius 1 is 1.14 bits per heavy atom. The van der Waals surface area contributed by atoms with Crippen molar-refractivity contribution in [2.24, 2.45) is 0 Å². The summed E-state index contributed by atoms with van der Waals surface area (Å²) in [5.41, 5.74) is 1.76. The van der Waals surface area contributed by atoms with E-state index < -0.39 is 0 Å². The number of hydrogen-bond acceptors (Lipinski definition) is 2. The number of thiocarbonyl (C=S) groups is 1. The van der Waals surface area contributed by atoms with Gasteiger partial charge in [-0.25, -0.2) is 0 Å². The summed E-state index contributed by atoms with van der Waals surface area (Å²) in [7, 11) is 1.59. The van der Waals surface area contributed by atoms with Gasteiger partial charge in [-0.05, 0) is 48.1 Å². The van der Waals surface area contributed by atoms with Crippen molar-refractivity contribution in [1.82, 2.24) is 5.32 Å². The van der Waals surface area contributed by atoms with E-state index >= 15 is 0 Å². The fourth-order valence-corrected chi connectivity index (χ4v) is 2.34. The highest BCUT2D eigenvalue weighted by atomic mass is 35.5. The first-order chi connectivity index (χ1) is 10.1. The maximum Gasteiger partial charge on any atom is 0.171 e. The summed E-state index contributed by atoms with van der Waals surface area (Å²) in [5.74, 6) is 0.673. The lowest BCUT2D eigenvalue weighted by molar-refractivity contribution is 0.417. The predicted molar refractivity (Wildman–Crippen MR) is 92.5 cm³/mol. The van der Waals surface area contributed by atoms with Crippen LogP contribution in [-0.4, -0.2) is 12.2 Å². The molecule has 0 amide bonds. The van der Waals surface area contributed by atoms with Gasteiger partial charge in [0.25, 0.3) is 0 Å². The zero-order valence-electron chi connectivity index (χ0n) is 11.3. The molecule has 110 valence electrons. The highest BCUT2D eigenvalue weighted by molar-refractivity contribution is 7.80. The van der Waals surface area contributed by atoms with Gasteiger partial charge < -0.3 is 15.4 Å². The van der Waals surface area contributed by atoms with Crippen LogP contribution in [0.3, 0.4) is 0 Å². The Labute approximate surface area is 139 Å². The second-order valence-corrected chi connectivity index (χ2v) is 5.56. The molecule has 0 fully saturated rings. The minimum absolute atomic E-state index is 0.482. The molecule has 2 rings (SSSR count). The molecule has 0 aliphatic rings. The third-order valence-electron chi connectivity index (χ3n) is 2.75. The minimum Gasteiger partial charge on any atom is -0.495 e. The van der Waals surface area contributed by atoms with Crippen LogP contribution in [0.5, 0.6) is 5.75 Å². The van der Waals surface area contributed by atoms with Crippen LogP contribution in [-0.2, 0) is 6.54 Å². The van der Waals surface area contributed by atoms with E-state index in [1.54, 1.807) is 25.3 Å². The average molecular weight is 341 g/mol. The molecule has 3 nitrogen and oxygen atoms in total. The number of halogens is 2. The molecule has 2 aromatic carbocycles. The topological polar surface area (TPSA) is 33.3 Å². The molecule has 21 heavy (non-hydrogen) atoms. The number of benzene rings is 2. The number of hydrogen-bond donors (Lipinski definition) is 2. The number of rotatable bonds is 4. The Kier molecular flexibility index (Phi) is 5.67. The van der Waals surface area contributed by atoms with Crippen LogP contribution in [0.25, 0.3) is 0 Å². The molecule has 2 N–H and O–H groups in total. The molecule has 0 spiro atoms. The van der Waals surface area contributed by atoms with Crippen molar-refractivity contribution in [2.45, 2.75) is 6.54 Å². The molecule has 0 unspecified atom stereocenters. The second kappa shape index (κ2) is 7.50. The monoisotopic (exact) mass is 340 g/mol. The van der Waals surface area contributed by atoms with Gasteiger partial charge in [0.05, 0.1) is 12.8 Å². The summed E-state index contributed by atoms with van der Waals surface area (Å²) in [6, 6.07) is 12.9. The van der Waals surface area contributed by atoms with Crippen molar-refractivity contribution in [3.05, 3.63) is 58.1 Å². The molecule has 0 atom stereocenters. The zero-order valence-corrected chi connectivity index (χ0v) is 13.6. The number of anilines is 1. The van der Waals surface area contributed by atoms with Crippen LogP contribution in [0.1, 0.15) is 5.56 Å². The van der Waals surface area contributed by atoms with Gasteiger partial charge in [0.2, 0.25) is 0 Å². The third kappa shape index (κ3) is 4.77. The quantitative estimate of drug-likeness (QED) is 0.803. The highest BCUT2D eigenvalue weighted by Crippen LogP contribution is 2.27. The van der Waals surface area contributed by atoms with Crippen LogP contribution in [0.4, 0.5) is 5.69 Å². The van der Waals surface area contributed by atoms with E-state index in [0.717, 1.165) is 5.56 Å². The molecule has 0 aliphatic heterocycles. The molecular weight excluding hydrogens is 327 g/mol. The summed E-state index contributed by atoms with van der Waals surface area (Å²) < 4.78 is 5.25. The lowest BCUT2D eigenvalue weighted by atomic mass is 10.2. The van der Waals surface area contributed by atoms with Gasteiger partial charge in [-0.1, -0.05) is 35.3 Å². The zero-order chi connectivity index (χ0) is 15.2. The third-order valence-corrected chi connectivity index (χ3v) is 3.47. The van der Waals surface area contributed by atoms with E-state index in [2.05, 4.69) is 10.6 Å². The molecule has 0 bridgehead atoms. The number of nitrogens with one attached hydrogen (secondary N) is 2. The van der Waals surface area contributed by atoms with Gasteiger partial charge in [0.1, 0.15) is 5.75 Å². The van der Waals surface area contributed by atoms with Crippen LogP contribution in [0.2, 0.25) is 10.0 Å². The summed E-state index contributed by atoms with van der Waals surface area (Å²) in [5, 5.41) is 7.96. The maximum atomic E-state index is 5.97. The lowest BCUT2D eigenvalue weighted by Gasteiger charge is -2.13. The van der Waals surface area contributed by atoms with E-state index in [-0.39, 0.29) is 0 Å². The molecule has 0 aromatic heterocycles. The van der Waals surface area contributed by atoms with Gasteiger partial charge >= 0.3 is 0 Å². The van der Waals surface area contributed by atoms with E-state index in [1.807, 2.05) is 24.3 Å². The van der Waals surface area contributed by atoms with Crippen molar-refractivity contribution in [3.63, 3.8) is 0 Å². The Hall–Kier alpha value is -1.49. The SMILES string of the molecule is COc1ccc(Cl)cc1NC(=S)NCc1cccc(Cl)c1.